The Morgan fingerprint density at radius 2 is 1.83 bits per heavy atom. The van der Waals surface area contributed by atoms with Gasteiger partial charge in [-0.15, -0.1) is 0 Å². The predicted molar refractivity (Wildman–Crippen MR) is 80.5 cm³/mol. The molecule has 1 aliphatic carbocycles. The van der Waals surface area contributed by atoms with Crippen LogP contribution in [0.2, 0.25) is 5.02 Å². The minimum absolute atomic E-state index is 0.236. The number of halogens is 4. The van der Waals surface area contributed by atoms with Crippen molar-refractivity contribution >= 4 is 17.2 Å². The molecule has 0 unspecified atom stereocenters. The summed E-state index contributed by atoms with van der Waals surface area (Å²) in [4.78, 5) is 4.46. The highest BCUT2D eigenvalue weighted by Crippen LogP contribution is 2.38. The molecule has 0 saturated carbocycles. The lowest BCUT2D eigenvalue weighted by Crippen LogP contribution is -2.17. The number of aryl methyl sites for hydroxylation is 1. The Morgan fingerprint density at radius 1 is 1.09 bits per heavy atom. The second kappa shape index (κ2) is 4.96. The Morgan fingerprint density at radius 3 is 2.52 bits per heavy atom. The molecule has 3 aromatic rings. The zero-order chi connectivity index (χ0) is 16.2. The maximum Gasteiger partial charge on any atom is 0.433 e. The van der Waals surface area contributed by atoms with Gasteiger partial charge in [0.05, 0.1) is 6.20 Å². The molecular weight excluding hydrogens is 327 g/mol. The first kappa shape index (κ1) is 14.5. The van der Waals surface area contributed by atoms with Crippen molar-refractivity contribution in [3.8, 4) is 11.1 Å². The van der Waals surface area contributed by atoms with E-state index in [1.165, 1.54) is 6.20 Å². The smallest absolute Gasteiger partial charge is 0.233 e. The van der Waals surface area contributed by atoms with Crippen LogP contribution in [0.15, 0.2) is 30.5 Å². The zero-order valence-corrected chi connectivity index (χ0v) is 12.6. The summed E-state index contributed by atoms with van der Waals surface area (Å²) in [6, 6.07) is 6.89. The Hall–Kier alpha value is -2.08. The van der Waals surface area contributed by atoms with Gasteiger partial charge in [0, 0.05) is 21.8 Å². The first-order valence-corrected chi connectivity index (χ1v) is 7.55. The number of nitrogens with zero attached hydrogens (tertiary/aromatic N) is 3. The number of benzene rings is 1. The molecule has 0 N–H and O–H groups in total. The lowest BCUT2D eigenvalue weighted by molar-refractivity contribution is -0.143. The van der Waals surface area contributed by atoms with Crippen molar-refractivity contribution in [1.29, 1.82) is 0 Å². The van der Waals surface area contributed by atoms with Crippen LogP contribution in [0.4, 0.5) is 13.2 Å². The summed E-state index contributed by atoms with van der Waals surface area (Å²) in [6.45, 7) is 0. The topological polar surface area (TPSA) is 30.2 Å². The Balaban J connectivity index is 2.02. The minimum atomic E-state index is -4.46. The van der Waals surface area contributed by atoms with Crippen molar-refractivity contribution in [2.24, 2.45) is 0 Å². The summed E-state index contributed by atoms with van der Waals surface area (Å²) in [5, 5.41) is 4.53. The number of hydrogen-bond acceptors (Lipinski definition) is 2. The van der Waals surface area contributed by atoms with Crippen LogP contribution in [0.25, 0.3) is 16.8 Å². The number of aromatic nitrogens is 3. The van der Waals surface area contributed by atoms with E-state index in [2.05, 4.69) is 10.1 Å². The third kappa shape index (κ3) is 2.28. The average molecular weight is 338 g/mol. The van der Waals surface area contributed by atoms with Crippen molar-refractivity contribution in [3.05, 3.63) is 52.4 Å². The second-order valence-corrected chi connectivity index (χ2v) is 5.97. The summed E-state index contributed by atoms with van der Waals surface area (Å²) in [7, 11) is 0. The molecule has 3 nitrogen and oxygen atoms in total. The zero-order valence-electron chi connectivity index (χ0n) is 11.9. The van der Waals surface area contributed by atoms with E-state index in [-0.39, 0.29) is 11.2 Å². The van der Waals surface area contributed by atoms with Gasteiger partial charge in [-0.1, -0.05) is 23.7 Å². The molecule has 1 aliphatic rings. The van der Waals surface area contributed by atoms with Gasteiger partial charge in [0.2, 0.25) is 0 Å². The summed E-state index contributed by atoms with van der Waals surface area (Å²) >= 11 is 5.87. The minimum Gasteiger partial charge on any atom is -0.233 e. The molecule has 1 aromatic carbocycles. The van der Waals surface area contributed by atoms with Gasteiger partial charge in [0.15, 0.2) is 11.3 Å². The number of hydrogen-bond donors (Lipinski definition) is 0. The number of fused-ring (bicyclic) bond motifs is 2. The Labute approximate surface area is 134 Å². The number of rotatable bonds is 1. The van der Waals surface area contributed by atoms with E-state index in [0.29, 0.717) is 35.5 Å². The van der Waals surface area contributed by atoms with E-state index >= 15 is 0 Å². The molecule has 0 spiro atoms. The predicted octanol–water partition coefficient (Wildman–Crippen LogP) is 4.56. The molecule has 0 atom stereocenters. The van der Waals surface area contributed by atoms with Crippen molar-refractivity contribution in [2.45, 2.75) is 25.4 Å². The van der Waals surface area contributed by atoms with Crippen LogP contribution in [0.1, 0.15) is 23.4 Å². The molecule has 2 heterocycles. The van der Waals surface area contributed by atoms with E-state index in [1.54, 1.807) is 24.3 Å². The Kier molecular flexibility index (Phi) is 3.13. The molecule has 0 aliphatic heterocycles. The van der Waals surface area contributed by atoms with Crippen LogP contribution in [0.3, 0.4) is 0 Å². The van der Waals surface area contributed by atoms with Gasteiger partial charge in [-0.2, -0.15) is 18.3 Å². The van der Waals surface area contributed by atoms with Gasteiger partial charge in [-0.3, -0.25) is 0 Å². The van der Waals surface area contributed by atoms with Gasteiger partial charge in [-0.25, -0.2) is 9.50 Å². The quantitative estimate of drug-likeness (QED) is 0.651. The summed E-state index contributed by atoms with van der Waals surface area (Å²) < 4.78 is 41.5. The highest BCUT2D eigenvalue weighted by atomic mass is 35.5. The van der Waals surface area contributed by atoms with Crippen molar-refractivity contribution in [1.82, 2.24) is 14.6 Å². The fourth-order valence-corrected chi connectivity index (χ4v) is 3.23. The third-order valence-corrected chi connectivity index (χ3v) is 4.35. The molecule has 0 bridgehead atoms. The molecular formula is C16H11ClF3N3. The normalized spacial score (nSPS) is 14.4. The molecule has 0 saturated heterocycles. The van der Waals surface area contributed by atoms with Crippen LogP contribution >= 0.6 is 11.6 Å². The fraction of sp³-hybridized carbons (Fsp3) is 0.250. The lowest BCUT2D eigenvalue weighted by Gasteiger charge is -2.14. The molecule has 0 amide bonds. The standard InChI is InChI=1S/C16H11ClF3N3/c17-10-6-4-9(5-7-10)12-8-21-23-14(16(18,19)20)11-2-1-3-13(11)22-15(12)23/h4-8H,1-3H2. The molecule has 23 heavy (non-hydrogen) atoms. The van der Waals surface area contributed by atoms with Gasteiger partial charge in [-0.05, 0) is 37.0 Å². The van der Waals surface area contributed by atoms with Crippen LogP contribution in [0, 0.1) is 0 Å². The van der Waals surface area contributed by atoms with Crippen molar-refractivity contribution in [2.75, 3.05) is 0 Å². The largest absolute Gasteiger partial charge is 0.433 e. The summed E-state index contributed by atoms with van der Waals surface area (Å²) in [5.74, 6) is 0. The SMILES string of the molecule is FC(F)(F)c1c2c(nc3c(-c4ccc(Cl)cc4)cnn13)CCC2. The summed E-state index contributed by atoms with van der Waals surface area (Å²) in [6.07, 6.45) is -1.38. The van der Waals surface area contributed by atoms with Crippen LogP contribution in [-0.2, 0) is 19.0 Å². The van der Waals surface area contributed by atoms with E-state index in [4.69, 9.17) is 11.6 Å². The highest BCUT2D eigenvalue weighted by molar-refractivity contribution is 6.30. The highest BCUT2D eigenvalue weighted by Gasteiger charge is 2.40. The van der Waals surface area contributed by atoms with Gasteiger partial charge in [0.25, 0.3) is 0 Å². The first-order valence-electron chi connectivity index (χ1n) is 7.18. The fourth-order valence-electron chi connectivity index (χ4n) is 3.10. The van der Waals surface area contributed by atoms with Crippen molar-refractivity contribution in [3.63, 3.8) is 0 Å². The van der Waals surface area contributed by atoms with E-state index < -0.39 is 11.9 Å². The van der Waals surface area contributed by atoms with E-state index in [1.807, 2.05) is 0 Å². The second-order valence-electron chi connectivity index (χ2n) is 5.54. The molecule has 2 aromatic heterocycles. The van der Waals surface area contributed by atoms with Gasteiger partial charge in [0.1, 0.15) is 0 Å². The van der Waals surface area contributed by atoms with Crippen LogP contribution in [0.5, 0.6) is 0 Å². The Bertz CT molecular complexity index is 898. The van der Waals surface area contributed by atoms with Crippen LogP contribution < -0.4 is 0 Å². The van der Waals surface area contributed by atoms with E-state index in [0.717, 1.165) is 10.1 Å². The number of alkyl halides is 3. The van der Waals surface area contributed by atoms with Gasteiger partial charge < -0.3 is 0 Å². The first-order chi connectivity index (χ1) is 10.9. The maximum atomic E-state index is 13.5. The summed E-state index contributed by atoms with van der Waals surface area (Å²) in [5.41, 5.74) is 1.65. The van der Waals surface area contributed by atoms with Gasteiger partial charge >= 0.3 is 6.18 Å². The monoisotopic (exact) mass is 337 g/mol. The third-order valence-electron chi connectivity index (χ3n) is 4.09. The van der Waals surface area contributed by atoms with E-state index in [9.17, 15) is 13.2 Å². The average Bonchev–Trinajstić information content (AvgIpc) is 3.10. The molecule has 0 radical (unpaired) electrons. The maximum absolute atomic E-state index is 13.5. The lowest BCUT2D eigenvalue weighted by atomic mass is 10.1. The molecule has 4 rings (SSSR count). The molecule has 118 valence electrons. The molecule has 7 heteroatoms. The van der Waals surface area contributed by atoms with Crippen LogP contribution in [-0.4, -0.2) is 14.6 Å². The molecule has 0 fully saturated rings. The van der Waals surface area contributed by atoms with Crippen molar-refractivity contribution < 1.29 is 13.2 Å².